The van der Waals surface area contributed by atoms with Crippen molar-refractivity contribution in [3.8, 4) is 5.75 Å². The summed E-state index contributed by atoms with van der Waals surface area (Å²) in [7, 11) is 1.69. The van der Waals surface area contributed by atoms with Crippen LogP contribution in [0.15, 0.2) is 24.3 Å². The molecule has 2 unspecified atom stereocenters. The van der Waals surface area contributed by atoms with Crippen LogP contribution in [0.2, 0.25) is 0 Å². The highest BCUT2D eigenvalue weighted by molar-refractivity contribution is 7.99. The molecule has 0 radical (unpaired) electrons. The van der Waals surface area contributed by atoms with Gasteiger partial charge in [-0.05, 0) is 30.5 Å². The molecule has 4 heteroatoms. The van der Waals surface area contributed by atoms with Gasteiger partial charge in [0.05, 0.1) is 7.11 Å². The molecule has 18 heavy (non-hydrogen) atoms. The van der Waals surface area contributed by atoms with Crippen LogP contribution in [0, 0.1) is 0 Å². The zero-order valence-electron chi connectivity index (χ0n) is 11.5. The van der Waals surface area contributed by atoms with Crippen molar-refractivity contribution >= 4 is 11.8 Å². The Balaban J connectivity index is 2.51. The Bertz CT molecular complexity index is 346. The van der Waals surface area contributed by atoms with E-state index >= 15 is 0 Å². The van der Waals surface area contributed by atoms with E-state index in [4.69, 9.17) is 10.6 Å². The van der Waals surface area contributed by atoms with Crippen molar-refractivity contribution in [1.29, 1.82) is 0 Å². The van der Waals surface area contributed by atoms with Gasteiger partial charge in [0.15, 0.2) is 0 Å². The topological polar surface area (TPSA) is 47.3 Å². The summed E-state index contributed by atoms with van der Waals surface area (Å²) in [6.45, 7) is 4.47. The van der Waals surface area contributed by atoms with Crippen LogP contribution in [0.3, 0.4) is 0 Å². The van der Waals surface area contributed by atoms with Crippen LogP contribution >= 0.6 is 11.8 Å². The SMILES string of the molecule is CCC(C)SCC(Cc1cccc(OC)c1)NN. The number of hydrogen-bond acceptors (Lipinski definition) is 4. The molecular weight excluding hydrogens is 244 g/mol. The van der Waals surface area contributed by atoms with Crippen LogP contribution < -0.4 is 16.0 Å². The Morgan fingerprint density at radius 1 is 1.44 bits per heavy atom. The molecule has 0 aliphatic heterocycles. The maximum absolute atomic E-state index is 5.62. The van der Waals surface area contributed by atoms with Crippen LogP contribution in [-0.4, -0.2) is 24.2 Å². The number of hydrazine groups is 1. The second kappa shape index (κ2) is 8.40. The highest BCUT2D eigenvalue weighted by Gasteiger charge is 2.10. The van der Waals surface area contributed by atoms with Gasteiger partial charge in [0.1, 0.15) is 5.75 Å². The van der Waals surface area contributed by atoms with Gasteiger partial charge in [0.25, 0.3) is 0 Å². The fourth-order valence-electron chi connectivity index (χ4n) is 1.65. The number of methoxy groups -OCH3 is 1. The van der Waals surface area contributed by atoms with Crippen LogP contribution in [-0.2, 0) is 6.42 Å². The summed E-state index contributed by atoms with van der Waals surface area (Å²) >= 11 is 1.96. The quantitative estimate of drug-likeness (QED) is 0.562. The van der Waals surface area contributed by atoms with Crippen molar-refractivity contribution in [2.75, 3.05) is 12.9 Å². The number of nitrogens with one attached hydrogen (secondary N) is 1. The Morgan fingerprint density at radius 3 is 2.83 bits per heavy atom. The summed E-state index contributed by atoms with van der Waals surface area (Å²) < 4.78 is 5.23. The lowest BCUT2D eigenvalue weighted by Gasteiger charge is -2.18. The van der Waals surface area contributed by atoms with Gasteiger partial charge in [0, 0.05) is 17.0 Å². The van der Waals surface area contributed by atoms with Gasteiger partial charge in [-0.1, -0.05) is 26.0 Å². The average molecular weight is 268 g/mol. The second-order valence-corrected chi connectivity index (χ2v) is 5.94. The lowest BCUT2D eigenvalue weighted by atomic mass is 10.1. The molecule has 0 aromatic heterocycles. The van der Waals surface area contributed by atoms with Gasteiger partial charge in [-0.3, -0.25) is 11.3 Å². The molecule has 0 amide bonds. The van der Waals surface area contributed by atoms with Crippen LogP contribution in [0.1, 0.15) is 25.8 Å². The van der Waals surface area contributed by atoms with Gasteiger partial charge in [0.2, 0.25) is 0 Å². The minimum atomic E-state index is 0.302. The zero-order valence-corrected chi connectivity index (χ0v) is 12.3. The van der Waals surface area contributed by atoms with Gasteiger partial charge in [-0.25, -0.2) is 0 Å². The molecular formula is C14H24N2OS. The summed E-state index contributed by atoms with van der Waals surface area (Å²) in [5, 5.41) is 0.686. The van der Waals surface area contributed by atoms with Crippen molar-refractivity contribution in [3.63, 3.8) is 0 Å². The molecule has 2 atom stereocenters. The van der Waals surface area contributed by atoms with Crippen LogP contribution in [0.5, 0.6) is 5.75 Å². The predicted molar refractivity (Wildman–Crippen MR) is 80.0 cm³/mol. The lowest BCUT2D eigenvalue weighted by Crippen LogP contribution is -2.39. The lowest BCUT2D eigenvalue weighted by molar-refractivity contribution is 0.414. The third kappa shape index (κ3) is 5.29. The number of rotatable bonds is 8. The maximum Gasteiger partial charge on any atom is 0.119 e. The van der Waals surface area contributed by atoms with Gasteiger partial charge in [-0.15, -0.1) is 0 Å². The predicted octanol–water partition coefficient (Wildman–Crippen LogP) is 2.60. The van der Waals surface area contributed by atoms with Gasteiger partial charge in [-0.2, -0.15) is 11.8 Å². The minimum Gasteiger partial charge on any atom is -0.497 e. The minimum absolute atomic E-state index is 0.302. The average Bonchev–Trinajstić information content (AvgIpc) is 2.43. The van der Waals surface area contributed by atoms with Crippen molar-refractivity contribution in [2.45, 2.75) is 38.0 Å². The molecule has 0 fully saturated rings. The van der Waals surface area contributed by atoms with E-state index < -0.39 is 0 Å². The van der Waals surface area contributed by atoms with Crippen molar-refractivity contribution in [1.82, 2.24) is 5.43 Å². The van der Waals surface area contributed by atoms with Crippen molar-refractivity contribution in [3.05, 3.63) is 29.8 Å². The fourth-order valence-corrected chi connectivity index (χ4v) is 2.66. The first kappa shape index (κ1) is 15.3. The normalized spacial score (nSPS) is 14.2. The monoisotopic (exact) mass is 268 g/mol. The van der Waals surface area contributed by atoms with E-state index in [9.17, 15) is 0 Å². The molecule has 3 N–H and O–H groups in total. The van der Waals surface area contributed by atoms with E-state index in [0.29, 0.717) is 11.3 Å². The number of benzene rings is 1. The smallest absolute Gasteiger partial charge is 0.119 e. The molecule has 0 aliphatic carbocycles. The molecule has 1 aromatic rings. The Morgan fingerprint density at radius 2 is 2.22 bits per heavy atom. The number of nitrogens with two attached hydrogens (primary N) is 1. The third-order valence-corrected chi connectivity index (χ3v) is 4.51. The highest BCUT2D eigenvalue weighted by Crippen LogP contribution is 2.18. The molecule has 0 heterocycles. The van der Waals surface area contributed by atoms with Crippen LogP contribution in [0.4, 0.5) is 0 Å². The van der Waals surface area contributed by atoms with E-state index in [-0.39, 0.29) is 0 Å². The Labute approximate surface area is 114 Å². The zero-order chi connectivity index (χ0) is 13.4. The molecule has 1 aromatic carbocycles. The van der Waals surface area contributed by atoms with E-state index in [1.165, 1.54) is 12.0 Å². The Hall–Kier alpha value is -0.710. The molecule has 0 saturated heterocycles. The van der Waals surface area contributed by atoms with E-state index in [2.05, 4.69) is 31.4 Å². The summed E-state index contributed by atoms with van der Waals surface area (Å²) in [5.41, 5.74) is 4.16. The molecule has 0 bridgehead atoms. The highest BCUT2D eigenvalue weighted by atomic mass is 32.2. The molecule has 102 valence electrons. The Kier molecular flexibility index (Phi) is 7.16. The van der Waals surface area contributed by atoms with Crippen LogP contribution in [0.25, 0.3) is 0 Å². The molecule has 0 saturated carbocycles. The first-order valence-corrected chi connectivity index (χ1v) is 7.45. The van der Waals surface area contributed by atoms with Crippen molar-refractivity contribution in [2.24, 2.45) is 5.84 Å². The van der Waals surface area contributed by atoms with Gasteiger partial charge >= 0.3 is 0 Å². The van der Waals surface area contributed by atoms with Crippen molar-refractivity contribution < 1.29 is 4.74 Å². The van der Waals surface area contributed by atoms with E-state index in [1.54, 1.807) is 7.11 Å². The third-order valence-electron chi connectivity index (χ3n) is 3.01. The molecule has 1 rings (SSSR count). The van der Waals surface area contributed by atoms with E-state index in [1.807, 2.05) is 23.9 Å². The molecule has 3 nitrogen and oxygen atoms in total. The standard InChI is InChI=1S/C14H24N2OS/c1-4-11(2)18-10-13(16-15)8-12-6-5-7-14(9-12)17-3/h5-7,9,11,13,16H,4,8,10,15H2,1-3H3. The maximum atomic E-state index is 5.62. The summed E-state index contributed by atoms with van der Waals surface area (Å²) in [6, 6.07) is 8.46. The summed E-state index contributed by atoms with van der Waals surface area (Å²) in [4.78, 5) is 0. The molecule has 0 spiro atoms. The fraction of sp³-hybridized carbons (Fsp3) is 0.571. The number of thioether (sulfide) groups is 1. The summed E-state index contributed by atoms with van der Waals surface area (Å²) in [6.07, 6.45) is 2.12. The second-order valence-electron chi connectivity index (χ2n) is 4.47. The number of hydrogen-bond donors (Lipinski definition) is 2. The molecule has 0 aliphatic rings. The van der Waals surface area contributed by atoms with E-state index in [0.717, 1.165) is 17.9 Å². The largest absolute Gasteiger partial charge is 0.497 e. The summed E-state index contributed by atoms with van der Waals surface area (Å²) in [5.74, 6) is 7.56. The number of ether oxygens (including phenoxy) is 1. The first-order chi connectivity index (χ1) is 8.69. The first-order valence-electron chi connectivity index (χ1n) is 6.40. The van der Waals surface area contributed by atoms with Gasteiger partial charge < -0.3 is 4.74 Å².